The average Bonchev–Trinajstić information content (AvgIpc) is 2.98. The van der Waals surface area contributed by atoms with E-state index in [0.717, 1.165) is 17.9 Å². The summed E-state index contributed by atoms with van der Waals surface area (Å²) in [4.78, 5) is 0. The third kappa shape index (κ3) is 3.40. The van der Waals surface area contributed by atoms with Gasteiger partial charge in [-0.1, -0.05) is 24.3 Å². The number of rotatable bonds is 4. The van der Waals surface area contributed by atoms with Crippen molar-refractivity contribution in [2.24, 2.45) is 0 Å². The quantitative estimate of drug-likeness (QED) is 0.758. The second kappa shape index (κ2) is 6.38. The lowest BCUT2D eigenvalue weighted by Crippen LogP contribution is -2.26. The van der Waals surface area contributed by atoms with Crippen LogP contribution < -0.4 is 21.3 Å². The zero-order valence-corrected chi connectivity index (χ0v) is 13.0. The number of hydrogen-bond acceptors (Lipinski definition) is 4. The highest BCUT2D eigenvalue weighted by molar-refractivity contribution is 5.40. The summed E-state index contributed by atoms with van der Waals surface area (Å²) >= 11 is 0. The Morgan fingerprint density at radius 1 is 0.909 bits per heavy atom. The van der Waals surface area contributed by atoms with Crippen LogP contribution in [-0.2, 0) is 0 Å². The van der Waals surface area contributed by atoms with Crippen molar-refractivity contribution >= 4 is 5.69 Å². The molecule has 22 heavy (non-hydrogen) atoms. The van der Waals surface area contributed by atoms with Crippen LogP contribution in [0.2, 0.25) is 0 Å². The summed E-state index contributed by atoms with van der Waals surface area (Å²) < 4.78 is 5.69. The van der Waals surface area contributed by atoms with Gasteiger partial charge in [-0.3, -0.25) is 0 Å². The lowest BCUT2D eigenvalue weighted by Gasteiger charge is -2.13. The van der Waals surface area contributed by atoms with Gasteiger partial charge < -0.3 is 10.5 Å². The van der Waals surface area contributed by atoms with E-state index in [-0.39, 0.29) is 6.10 Å². The maximum absolute atomic E-state index is 5.74. The first-order chi connectivity index (χ1) is 10.6. The van der Waals surface area contributed by atoms with Crippen LogP contribution >= 0.6 is 0 Å². The van der Waals surface area contributed by atoms with E-state index in [9.17, 15) is 0 Å². The van der Waals surface area contributed by atoms with Crippen LogP contribution in [0.3, 0.4) is 0 Å². The van der Waals surface area contributed by atoms with Gasteiger partial charge >= 0.3 is 0 Å². The molecule has 2 aromatic carbocycles. The van der Waals surface area contributed by atoms with Gasteiger partial charge in [-0.2, -0.15) is 0 Å². The molecule has 4 nitrogen and oxygen atoms in total. The van der Waals surface area contributed by atoms with Crippen LogP contribution in [0.4, 0.5) is 5.69 Å². The van der Waals surface area contributed by atoms with E-state index in [0.29, 0.717) is 12.1 Å². The Morgan fingerprint density at radius 2 is 1.41 bits per heavy atom. The van der Waals surface area contributed by atoms with Crippen LogP contribution in [0.1, 0.15) is 43.5 Å². The molecule has 1 aliphatic rings. The molecule has 0 bridgehead atoms. The molecule has 0 saturated carbocycles. The topological polar surface area (TPSA) is 59.3 Å². The van der Waals surface area contributed by atoms with Gasteiger partial charge in [-0.05, 0) is 55.7 Å². The van der Waals surface area contributed by atoms with Crippen LogP contribution in [0.25, 0.3) is 0 Å². The molecular formula is C18H23N3O. The molecule has 1 aliphatic heterocycles. The summed E-state index contributed by atoms with van der Waals surface area (Å²) in [5.74, 6) is 0.916. The van der Waals surface area contributed by atoms with E-state index < -0.39 is 0 Å². The molecule has 0 aromatic heterocycles. The Kier molecular flexibility index (Phi) is 4.32. The summed E-state index contributed by atoms with van der Waals surface area (Å²) in [6, 6.07) is 17.0. The third-order valence-corrected chi connectivity index (χ3v) is 3.90. The lowest BCUT2D eigenvalue weighted by molar-refractivity contribution is 0.242. The summed E-state index contributed by atoms with van der Waals surface area (Å²) in [5.41, 5.74) is 15.8. The van der Waals surface area contributed by atoms with Crippen molar-refractivity contribution in [1.82, 2.24) is 10.9 Å². The Hall–Kier alpha value is -2.04. The summed E-state index contributed by atoms with van der Waals surface area (Å²) in [5, 5.41) is 0. The van der Waals surface area contributed by atoms with Gasteiger partial charge in [0.1, 0.15) is 5.75 Å². The van der Waals surface area contributed by atoms with Gasteiger partial charge in [0.25, 0.3) is 0 Å². The molecule has 1 saturated heterocycles. The van der Waals surface area contributed by atoms with Crippen molar-refractivity contribution in [3.63, 3.8) is 0 Å². The highest BCUT2D eigenvalue weighted by atomic mass is 16.5. The molecule has 116 valence electrons. The normalized spacial score (nSPS) is 21.2. The molecule has 2 atom stereocenters. The van der Waals surface area contributed by atoms with Crippen molar-refractivity contribution < 1.29 is 4.74 Å². The summed E-state index contributed by atoms with van der Waals surface area (Å²) in [6.07, 6.45) is 1.21. The van der Waals surface area contributed by atoms with Crippen molar-refractivity contribution in [2.45, 2.75) is 38.5 Å². The smallest absolute Gasteiger partial charge is 0.119 e. The van der Waals surface area contributed by atoms with E-state index in [4.69, 9.17) is 10.5 Å². The number of hydrazine groups is 1. The fourth-order valence-electron chi connectivity index (χ4n) is 2.77. The molecule has 2 unspecified atom stereocenters. The second-order valence-electron chi connectivity index (χ2n) is 6.03. The number of nitrogens with two attached hydrogens (primary N) is 1. The number of hydrogen-bond donors (Lipinski definition) is 3. The second-order valence-corrected chi connectivity index (χ2v) is 6.03. The van der Waals surface area contributed by atoms with Gasteiger partial charge in [0.2, 0.25) is 0 Å². The standard InChI is InChI=1S/C18H23N3O/c1-12(2)22-16-9-5-14(6-10-16)18-11-17(20-21-18)13-3-7-15(19)8-4-13/h3-10,12,17-18,20-21H,11,19H2,1-2H3. The summed E-state index contributed by atoms with van der Waals surface area (Å²) in [7, 11) is 0. The molecule has 0 radical (unpaired) electrons. The maximum atomic E-state index is 5.74. The number of anilines is 1. The van der Waals surface area contributed by atoms with Gasteiger partial charge in [0.15, 0.2) is 0 Å². The van der Waals surface area contributed by atoms with E-state index in [2.05, 4.69) is 35.1 Å². The monoisotopic (exact) mass is 297 g/mol. The van der Waals surface area contributed by atoms with Gasteiger partial charge in [-0.15, -0.1) is 0 Å². The van der Waals surface area contributed by atoms with E-state index in [1.807, 2.05) is 38.1 Å². The fourth-order valence-corrected chi connectivity index (χ4v) is 2.77. The average molecular weight is 297 g/mol. The first-order valence-electron chi connectivity index (χ1n) is 7.75. The zero-order valence-electron chi connectivity index (χ0n) is 13.0. The zero-order chi connectivity index (χ0) is 15.5. The van der Waals surface area contributed by atoms with Crippen molar-refractivity contribution in [1.29, 1.82) is 0 Å². The van der Waals surface area contributed by atoms with E-state index in [1.165, 1.54) is 11.1 Å². The molecule has 0 spiro atoms. The SMILES string of the molecule is CC(C)Oc1ccc(C2CC(c3ccc(N)cc3)NN2)cc1. The minimum Gasteiger partial charge on any atom is -0.491 e. The van der Waals surface area contributed by atoms with Crippen molar-refractivity contribution in [3.05, 3.63) is 59.7 Å². The Morgan fingerprint density at radius 3 is 1.91 bits per heavy atom. The lowest BCUT2D eigenvalue weighted by atomic mass is 9.97. The number of nitrogen functional groups attached to an aromatic ring is 1. The number of benzene rings is 2. The predicted molar refractivity (Wildman–Crippen MR) is 89.4 cm³/mol. The molecular weight excluding hydrogens is 274 g/mol. The van der Waals surface area contributed by atoms with Gasteiger partial charge in [0.05, 0.1) is 6.10 Å². The summed E-state index contributed by atoms with van der Waals surface area (Å²) in [6.45, 7) is 4.07. The van der Waals surface area contributed by atoms with Gasteiger partial charge in [0, 0.05) is 17.8 Å². The molecule has 4 N–H and O–H groups in total. The number of ether oxygens (including phenoxy) is 1. The third-order valence-electron chi connectivity index (χ3n) is 3.90. The largest absolute Gasteiger partial charge is 0.491 e. The molecule has 1 fully saturated rings. The van der Waals surface area contributed by atoms with E-state index >= 15 is 0 Å². The van der Waals surface area contributed by atoms with Gasteiger partial charge in [-0.25, -0.2) is 10.9 Å². The highest BCUT2D eigenvalue weighted by Gasteiger charge is 2.25. The Bertz CT molecular complexity index is 607. The maximum Gasteiger partial charge on any atom is 0.119 e. The molecule has 1 heterocycles. The molecule has 0 aliphatic carbocycles. The van der Waals surface area contributed by atoms with Crippen LogP contribution in [-0.4, -0.2) is 6.10 Å². The van der Waals surface area contributed by atoms with Crippen LogP contribution in [0, 0.1) is 0 Å². The predicted octanol–water partition coefficient (Wildman–Crippen LogP) is 3.34. The van der Waals surface area contributed by atoms with Crippen LogP contribution in [0.5, 0.6) is 5.75 Å². The fraction of sp³-hybridized carbons (Fsp3) is 0.333. The van der Waals surface area contributed by atoms with Crippen LogP contribution in [0.15, 0.2) is 48.5 Å². The first kappa shape index (κ1) is 14.9. The molecule has 3 rings (SSSR count). The minimum atomic E-state index is 0.201. The van der Waals surface area contributed by atoms with Crippen molar-refractivity contribution in [2.75, 3.05) is 5.73 Å². The number of nitrogens with one attached hydrogen (secondary N) is 2. The molecule has 4 heteroatoms. The van der Waals surface area contributed by atoms with Crippen molar-refractivity contribution in [3.8, 4) is 5.75 Å². The Labute approximate surface area is 131 Å². The molecule has 2 aromatic rings. The highest BCUT2D eigenvalue weighted by Crippen LogP contribution is 2.31. The first-order valence-corrected chi connectivity index (χ1v) is 7.75. The van der Waals surface area contributed by atoms with E-state index in [1.54, 1.807) is 0 Å². The minimum absolute atomic E-state index is 0.201. The Balaban J connectivity index is 1.66. The molecule has 0 amide bonds.